The van der Waals surface area contributed by atoms with E-state index in [-0.39, 0.29) is 5.91 Å². The molecule has 2 heterocycles. The Labute approximate surface area is 95.6 Å². The van der Waals surface area contributed by atoms with E-state index < -0.39 is 12.2 Å². The molecular formula is C11H20N2O3. The molecule has 0 aromatic rings. The van der Waals surface area contributed by atoms with Crippen LogP contribution in [0.15, 0.2) is 0 Å². The fraction of sp³-hybridized carbons (Fsp3) is 0.909. The van der Waals surface area contributed by atoms with E-state index in [9.17, 15) is 15.0 Å². The van der Waals surface area contributed by atoms with Gasteiger partial charge in [-0.05, 0) is 19.3 Å². The largest absolute Gasteiger partial charge is 0.389 e. The Kier molecular flexibility index (Phi) is 3.78. The van der Waals surface area contributed by atoms with Gasteiger partial charge in [-0.3, -0.25) is 9.69 Å². The van der Waals surface area contributed by atoms with Crippen molar-refractivity contribution in [1.82, 2.24) is 9.80 Å². The number of likely N-dealkylation sites (tertiary alicyclic amines) is 2. The highest BCUT2D eigenvalue weighted by Crippen LogP contribution is 2.12. The van der Waals surface area contributed by atoms with Gasteiger partial charge in [0.2, 0.25) is 5.91 Å². The van der Waals surface area contributed by atoms with Crippen LogP contribution in [0.1, 0.15) is 19.3 Å². The third-order valence-corrected chi connectivity index (χ3v) is 3.40. The zero-order chi connectivity index (χ0) is 11.5. The zero-order valence-corrected chi connectivity index (χ0v) is 9.51. The Balaban J connectivity index is 1.78. The van der Waals surface area contributed by atoms with Crippen molar-refractivity contribution < 1.29 is 15.0 Å². The summed E-state index contributed by atoms with van der Waals surface area (Å²) in [5.41, 5.74) is 0. The Hall–Kier alpha value is -0.650. The number of hydrogen-bond donors (Lipinski definition) is 2. The van der Waals surface area contributed by atoms with Crippen molar-refractivity contribution in [2.45, 2.75) is 31.5 Å². The molecule has 2 aliphatic heterocycles. The molecule has 0 bridgehead atoms. The third-order valence-electron chi connectivity index (χ3n) is 3.40. The second-order valence-electron chi connectivity index (χ2n) is 4.77. The van der Waals surface area contributed by atoms with Crippen LogP contribution >= 0.6 is 0 Å². The minimum Gasteiger partial charge on any atom is -0.389 e. The lowest BCUT2D eigenvalue weighted by atomic mass is 10.1. The summed E-state index contributed by atoms with van der Waals surface area (Å²) in [5, 5.41) is 18.7. The molecule has 92 valence electrons. The maximum absolute atomic E-state index is 11.9. The summed E-state index contributed by atoms with van der Waals surface area (Å²) < 4.78 is 0. The van der Waals surface area contributed by atoms with E-state index in [2.05, 4.69) is 0 Å². The molecule has 2 atom stereocenters. The van der Waals surface area contributed by atoms with Gasteiger partial charge in [0, 0.05) is 26.2 Å². The fourth-order valence-corrected chi connectivity index (χ4v) is 2.41. The second kappa shape index (κ2) is 5.12. The first-order valence-electron chi connectivity index (χ1n) is 6.03. The highest BCUT2D eigenvalue weighted by Gasteiger charge is 2.31. The van der Waals surface area contributed by atoms with Gasteiger partial charge in [0.25, 0.3) is 0 Å². The zero-order valence-electron chi connectivity index (χ0n) is 9.51. The lowest BCUT2D eigenvalue weighted by Crippen LogP contribution is -2.42. The Morgan fingerprint density at radius 3 is 2.19 bits per heavy atom. The summed E-state index contributed by atoms with van der Waals surface area (Å²) in [6, 6.07) is 0. The molecule has 0 aliphatic carbocycles. The van der Waals surface area contributed by atoms with Crippen molar-refractivity contribution in [3.8, 4) is 0 Å². The number of amides is 1. The van der Waals surface area contributed by atoms with Crippen molar-refractivity contribution >= 4 is 5.91 Å². The first kappa shape index (κ1) is 11.8. The smallest absolute Gasteiger partial charge is 0.236 e. The number of hydrogen-bond acceptors (Lipinski definition) is 4. The highest BCUT2D eigenvalue weighted by molar-refractivity contribution is 5.78. The van der Waals surface area contributed by atoms with Crippen LogP contribution in [0.3, 0.4) is 0 Å². The summed E-state index contributed by atoms with van der Waals surface area (Å²) >= 11 is 0. The van der Waals surface area contributed by atoms with Gasteiger partial charge in [-0.15, -0.1) is 0 Å². The molecule has 0 saturated carbocycles. The van der Waals surface area contributed by atoms with Gasteiger partial charge in [0.1, 0.15) is 0 Å². The van der Waals surface area contributed by atoms with Crippen LogP contribution in [0.4, 0.5) is 0 Å². The first-order valence-corrected chi connectivity index (χ1v) is 6.03. The summed E-state index contributed by atoms with van der Waals surface area (Å²) in [7, 11) is 0. The van der Waals surface area contributed by atoms with E-state index in [1.165, 1.54) is 6.42 Å². The van der Waals surface area contributed by atoms with E-state index in [4.69, 9.17) is 0 Å². The van der Waals surface area contributed by atoms with Crippen molar-refractivity contribution in [3.63, 3.8) is 0 Å². The van der Waals surface area contributed by atoms with Crippen LogP contribution in [0.25, 0.3) is 0 Å². The third kappa shape index (κ3) is 2.72. The van der Waals surface area contributed by atoms with Crippen molar-refractivity contribution in [3.05, 3.63) is 0 Å². The van der Waals surface area contributed by atoms with Crippen LogP contribution in [-0.2, 0) is 4.79 Å². The van der Waals surface area contributed by atoms with Gasteiger partial charge in [-0.1, -0.05) is 0 Å². The monoisotopic (exact) mass is 228 g/mol. The van der Waals surface area contributed by atoms with E-state index in [0.717, 1.165) is 25.9 Å². The summed E-state index contributed by atoms with van der Waals surface area (Å²) in [6.07, 6.45) is 2.00. The maximum Gasteiger partial charge on any atom is 0.236 e. The number of nitrogens with zero attached hydrogens (tertiary/aromatic N) is 2. The molecule has 5 heteroatoms. The molecule has 2 saturated heterocycles. The second-order valence-corrected chi connectivity index (χ2v) is 4.77. The molecule has 0 aromatic carbocycles. The van der Waals surface area contributed by atoms with Crippen LogP contribution in [0.5, 0.6) is 0 Å². The SMILES string of the molecule is O=C(CN1C[C@@H](O)[C@@H](O)C1)N1CCCCC1. The van der Waals surface area contributed by atoms with Crippen LogP contribution in [0, 0.1) is 0 Å². The van der Waals surface area contributed by atoms with E-state index in [0.29, 0.717) is 19.6 Å². The molecule has 2 aliphatic rings. The van der Waals surface area contributed by atoms with Crippen molar-refractivity contribution in [2.75, 3.05) is 32.7 Å². The van der Waals surface area contributed by atoms with E-state index >= 15 is 0 Å². The predicted molar refractivity (Wildman–Crippen MR) is 58.9 cm³/mol. The number of rotatable bonds is 2. The summed E-state index contributed by atoms with van der Waals surface area (Å²) in [5.74, 6) is 0.126. The normalized spacial score (nSPS) is 32.0. The first-order chi connectivity index (χ1) is 7.66. The highest BCUT2D eigenvalue weighted by atomic mass is 16.3. The number of carbonyl (C=O) groups is 1. The number of aliphatic hydroxyl groups is 2. The van der Waals surface area contributed by atoms with Gasteiger partial charge in [0.15, 0.2) is 0 Å². The molecule has 2 N–H and O–H groups in total. The standard InChI is InChI=1S/C11H20N2O3/c14-9-6-12(7-10(9)15)8-11(16)13-4-2-1-3-5-13/h9-10,14-15H,1-8H2/t9-,10+. The van der Waals surface area contributed by atoms with Crippen molar-refractivity contribution in [1.29, 1.82) is 0 Å². The Morgan fingerprint density at radius 2 is 1.62 bits per heavy atom. The van der Waals surface area contributed by atoms with Crippen molar-refractivity contribution in [2.24, 2.45) is 0 Å². The summed E-state index contributed by atoms with van der Waals surface area (Å²) in [4.78, 5) is 15.6. The number of piperidine rings is 1. The minimum atomic E-state index is -0.700. The number of β-amino-alcohol motifs (C(OH)–C–C–N with tert-alkyl or cyclic N) is 2. The topological polar surface area (TPSA) is 64.0 Å². The average molecular weight is 228 g/mol. The van der Waals surface area contributed by atoms with E-state index in [1.54, 1.807) is 0 Å². The van der Waals surface area contributed by atoms with Crippen LogP contribution in [0.2, 0.25) is 0 Å². The summed E-state index contributed by atoms with van der Waals surface area (Å²) in [6.45, 7) is 2.85. The number of carbonyl (C=O) groups excluding carboxylic acids is 1. The fourth-order valence-electron chi connectivity index (χ4n) is 2.41. The van der Waals surface area contributed by atoms with Gasteiger partial charge in [-0.25, -0.2) is 0 Å². The Morgan fingerprint density at radius 1 is 1.06 bits per heavy atom. The molecular weight excluding hydrogens is 208 g/mol. The minimum absolute atomic E-state index is 0.126. The van der Waals surface area contributed by atoms with Gasteiger partial charge in [-0.2, -0.15) is 0 Å². The maximum atomic E-state index is 11.9. The number of aliphatic hydroxyl groups excluding tert-OH is 2. The average Bonchev–Trinajstić information content (AvgIpc) is 2.59. The van der Waals surface area contributed by atoms with Gasteiger partial charge >= 0.3 is 0 Å². The molecule has 16 heavy (non-hydrogen) atoms. The Bertz CT molecular complexity index is 244. The molecule has 0 aromatic heterocycles. The van der Waals surface area contributed by atoms with Gasteiger partial charge < -0.3 is 15.1 Å². The molecule has 2 fully saturated rings. The lowest BCUT2D eigenvalue weighted by Gasteiger charge is -2.28. The van der Waals surface area contributed by atoms with Gasteiger partial charge in [0.05, 0.1) is 18.8 Å². The molecule has 0 radical (unpaired) electrons. The molecule has 2 rings (SSSR count). The molecule has 0 spiro atoms. The molecule has 1 amide bonds. The quantitative estimate of drug-likeness (QED) is 0.639. The predicted octanol–water partition coefficient (Wildman–Crippen LogP) is -0.964. The molecule has 0 unspecified atom stereocenters. The lowest BCUT2D eigenvalue weighted by molar-refractivity contribution is -0.133. The van der Waals surface area contributed by atoms with E-state index in [1.807, 2.05) is 9.80 Å². The van der Waals surface area contributed by atoms with Crippen LogP contribution in [-0.4, -0.2) is 70.9 Å². The molecule has 5 nitrogen and oxygen atoms in total. The van der Waals surface area contributed by atoms with Crippen LogP contribution < -0.4 is 0 Å².